The molecule has 0 saturated carbocycles. The predicted molar refractivity (Wildman–Crippen MR) is 103 cm³/mol. The highest BCUT2D eigenvalue weighted by Gasteiger charge is 2.06. The van der Waals surface area contributed by atoms with Crippen molar-refractivity contribution < 1.29 is 9.47 Å². The van der Waals surface area contributed by atoms with Crippen molar-refractivity contribution in [1.82, 2.24) is 5.32 Å². The van der Waals surface area contributed by atoms with Crippen LogP contribution in [0.3, 0.4) is 0 Å². The topological polar surface area (TPSA) is 42.5 Å². The number of hydrogen-bond acceptors (Lipinski definition) is 3. The summed E-state index contributed by atoms with van der Waals surface area (Å²) < 4.78 is 10.9. The Morgan fingerprint density at radius 1 is 1.04 bits per heavy atom. The van der Waals surface area contributed by atoms with Crippen LogP contribution in [0.25, 0.3) is 0 Å². The summed E-state index contributed by atoms with van der Waals surface area (Å²) >= 11 is 5.38. The molecule has 0 bridgehead atoms. The minimum Gasteiger partial charge on any atom is -0.493 e. The highest BCUT2D eigenvalue weighted by molar-refractivity contribution is 7.80. The Morgan fingerprint density at radius 2 is 1.75 bits per heavy atom. The molecule has 128 valence electrons. The van der Waals surface area contributed by atoms with Crippen LogP contribution in [0.4, 0.5) is 5.69 Å². The molecule has 0 aromatic heterocycles. The minimum atomic E-state index is 0.591. The second kappa shape index (κ2) is 8.55. The molecular weight excluding hydrogens is 320 g/mol. The van der Waals surface area contributed by atoms with Crippen LogP contribution in [0.5, 0.6) is 11.5 Å². The average molecular weight is 344 g/mol. The van der Waals surface area contributed by atoms with Gasteiger partial charge in [-0.15, -0.1) is 0 Å². The maximum Gasteiger partial charge on any atom is 0.171 e. The second-order valence-corrected chi connectivity index (χ2v) is 6.01. The Kier molecular flexibility index (Phi) is 6.44. The van der Waals surface area contributed by atoms with E-state index in [4.69, 9.17) is 21.7 Å². The number of hydrogen-bond donors (Lipinski definition) is 2. The van der Waals surface area contributed by atoms with Crippen molar-refractivity contribution in [2.45, 2.75) is 27.3 Å². The Morgan fingerprint density at radius 3 is 2.38 bits per heavy atom. The first kappa shape index (κ1) is 18.1. The Hall–Kier alpha value is -2.27. The zero-order valence-corrected chi connectivity index (χ0v) is 15.4. The number of thiocarbonyl (C=S) groups is 1. The Labute approximate surface area is 149 Å². The molecule has 24 heavy (non-hydrogen) atoms. The van der Waals surface area contributed by atoms with Crippen molar-refractivity contribution in [3.05, 3.63) is 53.1 Å². The molecule has 0 radical (unpaired) electrons. The maximum atomic E-state index is 5.60. The third kappa shape index (κ3) is 5.13. The van der Waals surface area contributed by atoms with Gasteiger partial charge in [-0.1, -0.05) is 12.1 Å². The molecule has 5 heteroatoms. The molecule has 0 aliphatic carbocycles. The van der Waals surface area contributed by atoms with Gasteiger partial charge in [0.25, 0.3) is 0 Å². The summed E-state index contributed by atoms with van der Waals surface area (Å²) in [7, 11) is 1.64. The Balaban J connectivity index is 1.97. The molecule has 0 unspecified atom stereocenters. The van der Waals surface area contributed by atoms with Gasteiger partial charge in [0.2, 0.25) is 0 Å². The quantitative estimate of drug-likeness (QED) is 0.769. The summed E-state index contributed by atoms with van der Waals surface area (Å²) in [5.74, 6) is 1.48. The van der Waals surface area contributed by atoms with Crippen LogP contribution >= 0.6 is 12.2 Å². The minimum absolute atomic E-state index is 0.591. The molecule has 2 aromatic rings. The molecule has 0 aliphatic rings. The molecule has 2 N–H and O–H groups in total. The summed E-state index contributed by atoms with van der Waals surface area (Å²) in [5.41, 5.74) is 4.48. The van der Waals surface area contributed by atoms with E-state index in [9.17, 15) is 0 Å². The van der Waals surface area contributed by atoms with Crippen LogP contribution in [0, 0.1) is 13.8 Å². The first-order valence-corrected chi connectivity index (χ1v) is 8.35. The number of methoxy groups -OCH3 is 1. The molecule has 2 aromatic carbocycles. The summed E-state index contributed by atoms with van der Waals surface area (Å²) in [6, 6.07) is 12.1. The van der Waals surface area contributed by atoms with Gasteiger partial charge in [0.05, 0.1) is 13.7 Å². The van der Waals surface area contributed by atoms with Crippen molar-refractivity contribution in [2.75, 3.05) is 19.0 Å². The van der Waals surface area contributed by atoms with Gasteiger partial charge in [-0.3, -0.25) is 0 Å². The molecule has 0 amide bonds. The lowest BCUT2D eigenvalue weighted by molar-refractivity contribution is 0.310. The van der Waals surface area contributed by atoms with Crippen molar-refractivity contribution in [2.24, 2.45) is 0 Å². The van der Waals surface area contributed by atoms with Gasteiger partial charge in [0, 0.05) is 12.2 Å². The van der Waals surface area contributed by atoms with Gasteiger partial charge in [0.1, 0.15) is 0 Å². The molecular formula is C19H24N2O2S. The van der Waals surface area contributed by atoms with Crippen molar-refractivity contribution in [1.29, 1.82) is 0 Å². The highest BCUT2D eigenvalue weighted by atomic mass is 32.1. The monoisotopic (exact) mass is 344 g/mol. The van der Waals surface area contributed by atoms with Gasteiger partial charge in [-0.25, -0.2) is 0 Å². The molecule has 0 atom stereocenters. The fraction of sp³-hybridized carbons (Fsp3) is 0.316. The molecule has 4 nitrogen and oxygen atoms in total. The number of aryl methyl sites for hydroxylation is 2. The number of nitrogens with one attached hydrogen (secondary N) is 2. The van der Waals surface area contributed by atoms with Crippen molar-refractivity contribution in [3.63, 3.8) is 0 Å². The van der Waals surface area contributed by atoms with Gasteiger partial charge < -0.3 is 20.1 Å². The third-order valence-corrected chi connectivity index (χ3v) is 3.71. The summed E-state index contributed by atoms with van der Waals surface area (Å²) in [6.45, 7) is 7.30. The highest BCUT2D eigenvalue weighted by Crippen LogP contribution is 2.28. The smallest absolute Gasteiger partial charge is 0.171 e. The van der Waals surface area contributed by atoms with E-state index in [0.717, 1.165) is 22.7 Å². The van der Waals surface area contributed by atoms with Gasteiger partial charge >= 0.3 is 0 Å². The van der Waals surface area contributed by atoms with E-state index < -0.39 is 0 Å². The van der Waals surface area contributed by atoms with Crippen LogP contribution in [0.15, 0.2) is 36.4 Å². The van der Waals surface area contributed by atoms with E-state index in [1.807, 2.05) is 25.1 Å². The molecule has 0 fully saturated rings. The third-order valence-electron chi connectivity index (χ3n) is 3.46. The van der Waals surface area contributed by atoms with E-state index in [1.165, 1.54) is 11.1 Å². The number of anilines is 1. The summed E-state index contributed by atoms with van der Waals surface area (Å²) in [6.07, 6.45) is 0. The lowest BCUT2D eigenvalue weighted by atomic mass is 10.1. The molecule has 0 saturated heterocycles. The maximum absolute atomic E-state index is 5.60. The van der Waals surface area contributed by atoms with Crippen LogP contribution < -0.4 is 20.1 Å². The zero-order chi connectivity index (χ0) is 17.5. The largest absolute Gasteiger partial charge is 0.493 e. The summed E-state index contributed by atoms with van der Waals surface area (Å²) in [4.78, 5) is 0. The first-order chi connectivity index (χ1) is 11.5. The average Bonchev–Trinajstić information content (AvgIpc) is 2.52. The number of ether oxygens (including phenoxy) is 2. The lowest BCUT2D eigenvalue weighted by Crippen LogP contribution is -2.27. The van der Waals surface area contributed by atoms with Crippen LogP contribution in [-0.2, 0) is 6.54 Å². The zero-order valence-electron chi connectivity index (χ0n) is 14.6. The standard InChI is InChI=1S/C19H24N2O2S/c1-5-23-18-11-15(6-7-17(18)22-4)12-20-19(24)21-16-9-13(2)8-14(3)10-16/h6-11H,5,12H2,1-4H3,(H2,20,21,24). The van der Waals surface area contributed by atoms with Gasteiger partial charge in [0.15, 0.2) is 16.6 Å². The van der Waals surface area contributed by atoms with Crippen LogP contribution in [0.2, 0.25) is 0 Å². The normalized spacial score (nSPS) is 10.2. The molecule has 0 aliphatic heterocycles. The van der Waals surface area contributed by atoms with Gasteiger partial charge in [-0.2, -0.15) is 0 Å². The van der Waals surface area contributed by atoms with E-state index in [1.54, 1.807) is 7.11 Å². The SMILES string of the molecule is CCOc1cc(CNC(=S)Nc2cc(C)cc(C)c2)ccc1OC. The lowest BCUT2D eigenvalue weighted by Gasteiger charge is -2.14. The van der Waals surface area contributed by atoms with Crippen molar-refractivity contribution in [3.8, 4) is 11.5 Å². The number of benzene rings is 2. The van der Waals surface area contributed by atoms with E-state index in [2.05, 4.69) is 42.7 Å². The van der Waals surface area contributed by atoms with E-state index >= 15 is 0 Å². The second-order valence-electron chi connectivity index (χ2n) is 5.60. The first-order valence-electron chi connectivity index (χ1n) is 7.94. The summed E-state index contributed by atoms with van der Waals surface area (Å²) in [5, 5.41) is 7.03. The molecule has 2 rings (SSSR count). The Bertz CT molecular complexity index is 696. The fourth-order valence-electron chi connectivity index (χ4n) is 2.50. The van der Waals surface area contributed by atoms with Crippen LogP contribution in [0.1, 0.15) is 23.6 Å². The van der Waals surface area contributed by atoms with Gasteiger partial charge in [-0.05, 0) is 73.9 Å². The van der Waals surface area contributed by atoms with E-state index in [-0.39, 0.29) is 0 Å². The molecule has 0 spiro atoms. The van der Waals surface area contributed by atoms with E-state index in [0.29, 0.717) is 18.3 Å². The number of rotatable bonds is 6. The van der Waals surface area contributed by atoms with Crippen molar-refractivity contribution >= 4 is 23.0 Å². The van der Waals surface area contributed by atoms with Crippen LogP contribution in [-0.4, -0.2) is 18.8 Å². The predicted octanol–water partition coefficient (Wildman–Crippen LogP) is 4.20. The fourth-order valence-corrected chi connectivity index (χ4v) is 2.69. The molecule has 0 heterocycles.